The lowest BCUT2D eigenvalue weighted by atomic mass is 10.3. The second-order valence-corrected chi connectivity index (χ2v) is 9.08. The molecule has 1 amide bonds. The highest BCUT2D eigenvalue weighted by molar-refractivity contribution is 8.01. The molecule has 3 aromatic heterocycles. The van der Waals surface area contributed by atoms with E-state index in [2.05, 4.69) is 20.4 Å². The number of benzene rings is 1. The zero-order valence-electron chi connectivity index (χ0n) is 14.3. The molecule has 142 valence electrons. The van der Waals surface area contributed by atoms with Crippen molar-refractivity contribution in [1.29, 1.82) is 0 Å². The monoisotopic (exact) mass is 448 g/mol. The molecule has 0 bridgehead atoms. The molecule has 0 aliphatic rings. The number of carbonyl (C=O) groups is 1. The molecule has 4 aromatic rings. The van der Waals surface area contributed by atoms with Crippen molar-refractivity contribution >= 4 is 57.6 Å². The largest absolute Gasteiger partial charge is 0.339 e. The molecule has 3 heterocycles. The van der Waals surface area contributed by atoms with Gasteiger partial charge in [-0.2, -0.15) is 4.98 Å². The first kappa shape index (κ1) is 19.1. The van der Waals surface area contributed by atoms with E-state index >= 15 is 0 Å². The van der Waals surface area contributed by atoms with Crippen LogP contribution in [0.2, 0.25) is 5.02 Å². The Balaban J connectivity index is 1.29. The van der Waals surface area contributed by atoms with Gasteiger partial charge in [-0.1, -0.05) is 34.6 Å². The standard InChI is InChI=1S/C18H13ClN4O2S3/c19-11-3-5-12(6-4-11)20-15(24)10-28-18-21-13(9-27-18)8-16-22-17(23-25-16)14-2-1-7-26-14/h1-7,9H,8,10H2,(H,20,24). The average Bonchev–Trinajstić information content (AvgIpc) is 3.44. The van der Waals surface area contributed by atoms with Crippen LogP contribution in [0.3, 0.4) is 0 Å². The normalized spacial score (nSPS) is 10.9. The third-order valence-corrected chi connectivity index (χ3v) is 6.72. The summed E-state index contributed by atoms with van der Waals surface area (Å²) < 4.78 is 6.12. The maximum absolute atomic E-state index is 12.1. The predicted molar refractivity (Wildman–Crippen MR) is 113 cm³/mol. The van der Waals surface area contributed by atoms with E-state index in [9.17, 15) is 4.79 Å². The van der Waals surface area contributed by atoms with Crippen LogP contribution in [-0.4, -0.2) is 26.8 Å². The van der Waals surface area contributed by atoms with Gasteiger partial charge in [-0.3, -0.25) is 4.79 Å². The van der Waals surface area contributed by atoms with Gasteiger partial charge >= 0.3 is 0 Å². The zero-order valence-corrected chi connectivity index (χ0v) is 17.5. The highest BCUT2D eigenvalue weighted by atomic mass is 35.5. The molecule has 6 nitrogen and oxygen atoms in total. The van der Waals surface area contributed by atoms with Gasteiger partial charge in [-0.05, 0) is 35.7 Å². The van der Waals surface area contributed by atoms with E-state index in [1.165, 1.54) is 23.1 Å². The van der Waals surface area contributed by atoms with E-state index in [1.807, 2.05) is 22.9 Å². The van der Waals surface area contributed by atoms with Crippen molar-refractivity contribution < 1.29 is 9.32 Å². The SMILES string of the molecule is O=C(CSc1nc(Cc2nc(-c3cccs3)no2)cs1)Nc1ccc(Cl)cc1. The molecule has 0 aliphatic carbocycles. The first-order valence-corrected chi connectivity index (χ1v) is 11.3. The first-order valence-electron chi connectivity index (χ1n) is 8.15. The Kier molecular flexibility index (Phi) is 6.06. The Morgan fingerprint density at radius 1 is 1.18 bits per heavy atom. The second-order valence-electron chi connectivity index (χ2n) is 5.61. The summed E-state index contributed by atoms with van der Waals surface area (Å²) >= 11 is 10.3. The van der Waals surface area contributed by atoms with Gasteiger partial charge in [-0.25, -0.2) is 4.98 Å². The molecule has 0 saturated heterocycles. The van der Waals surface area contributed by atoms with Crippen molar-refractivity contribution in [1.82, 2.24) is 15.1 Å². The number of hydrogen-bond donors (Lipinski definition) is 1. The Bertz CT molecular complexity index is 1060. The number of carbonyl (C=O) groups excluding carboxylic acids is 1. The van der Waals surface area contributed by atoms with Crippen LogP contribution < -0.4 is 5.32 Å². The molecule has 0 atom stereocenters. The molecule has 1 N–H and O–H groups in total. The molecule has 0 spiro atoms. The molecule has 4 rings (SSSR count). The van der Waals surface area contributed by atoms with E-state index in [0.717, 1.165) is 14.9 Å². The molecule has 0 aliphatic heterocycles. The van der Waals surface area contributed by atoms with E-state index in [1.54, 1.807) is 35.6 Å². The maximum Gasteiger partial charge on any atom is 0.234 e. The summed E-state index contributed by atoms with van der Waals surface area (Å²) in [4.78, 5) is 22.0. The molecule has 10 heteroatoms. The van der Waals surface area contributed by atoms with Crippen LogP contribution in [0.25, 0.3) is 10.7 Å². The highest BCUT2D eigenvalue weighted by Gasteiger charge is 2.13. The minimum absolute atomic E-state index is 0.0958. The Morgan fingerprint density at radius 2 is 2.04 bits per heavy atom. The van der Waals surface area contributed by atoms with Gasteiger partial charge < -0.3 is 9.84 Å². The number of thiazole rings is 1. The van der Waals surface area contributed by atoms with E-state index in [0.29, 0.717) is 28.8 Å². The molecule has 0 fully saturated rings. The summed E-state index contributed by atoms with van der Waals surface area (Å²) in [7, 11) is 0. The summed E-state index contributed by atoms with van der Waals surface area (Å²) in [6.45, 7) is 0. The zero-order chi connectivity index (χ0) is 19.3. The molecular weight excluding hydrogens is 436 g/mol. The van der Waals surface area contributed by atoms with Gasteiger partial charge in [0.1, 0.15) is 0 Å². The van der Waals surface area contributed by atoms with Crippen LogP contribution in [0.1, 0.15) is 11.6 Å². The fraction of sp³-hybridized carbons (Fsp3) is 0.111. The van der Waals surface area contributed by atoms with Gasteiger partial charge in [0.25, 0.3) is 0 Å². The molecule has 1 aromatic carbocycles. The predicted octanol–water partition coefficient (Wildman–Crippen LogP) is 5.23. The summed E-state index contributed by atoms with van der Waals surface area (Å²) in [5, 5.41) is 11.4. The molecule has 0 saturated carbocycles. The van der Waals surface area contributed by atoms with Gasteiger partial charge in [0.15, 0.2) is 4.34 Å². The summed E-state index contributed by atoms with van der Waals surface area (Å²) in [5.41, 5.74) is 1.56. The number of thiophene rings is 1. The quantitative estimate of drug-likeness (QED) is 0.390. The number of rotatable bonds is 7. The summed E-state index contributed by atoms with van der Waals surface area (Å²) in [6.07, 6.45) is 0.465. The fourth-order valence-electron chi connectivity index (χ4n) is 2.28. The number of nitrogens with one attached hydrogen (secondary N) is 1. The lowest BCUT2D eigenvalue weighted by molar-refractivity contribution is -0.113. The smallest absolute Gasteiger partial charge is 0.234 e. The second kappa shape index (κ2) is 8.87. The minimum Gasteiger partial charge on any atom is -0.339 e. The third-order valence-electron chi connectivity index (χ3n) is 3.53. The third kappa shape index (κ3) is 4.99. The lowest BCUT2D eigenvalue weighted by Crippen LogP contribution is -2.13. The Morgan fingerprint density at radius 3 is 2.82 bits per heavy atom. The number of aromatic nitrogens is 3. The summed E-state index contributed by atoms with van der Waals surface area (Å²) in [5.74, 6) is 1.29. The molecule has 28 heavy (non-hydrogen) atoms. The van der Waals surface area contributed by atoms with Gasteiger partial charge in [0.05, 0.1) is 22.7 Å². The van der Waals surface area contributed by atoms with E-state index < -0.39 is 0 Å². The van der Waals surface area contributed by atoms with E-state index in [-0.39, 0.29) is 11.7 Å². The van der Waals surface area contributed by atoms with Crippen LogP contribution in [0.5, 0.6) is 0 Å². The first-order chi connectivity index (χ1) is 13.7. The number of amides is 1. The van der Waals surface area contributed by atoms with Crippen LogP contribution in [-0.2, 0) is 11.2 Å². The maximum atomic E-state index is 12.1. The van der Waals surface area contributed by atoms with Crippen molar-refractivity contribution in [2.24, 2.45) is 0 Å². The topological polar surface area (TPSA) is 80.9 Å². The lowest BCUT2D eigenvalue weighted by Gasteiger charge is -2.03. The van der Waals surface area contributed by atoms with Gasteiger partial charge in [-0.15, -0.1) is 22.7 Å². The number of thioether (sulfide) groups is 1. The van der Waals surface area contributed by atoms with Crippen molar-refractivity contribution in [3.05, 3.63) is 63.8 Å². The molecule has 0 unspecified atom stereocenters. The number of nitrogens with zero attached hydrogens (tertiary/aromatic N) is 3. The number of hydrogen-bond acceptors (Lipinski definition) is 8. The molecular formula is C18H13ClN4O2S3. The van der Waals surface area contributed by atoms with Crippen molar-refractivity contribution in [3.8, 4) is 10.7 Å². The Hall–Kier alpha value is -2.20. The van der Waals surface area contributed by atoms with Crippen LogP contribution in [0.4, 0.5) is 5.69 Å². The highest BCUT2D eigenvalue weighted by Crippen LogP contribution is 2.25. The van der Waals surface area contributed by atoms with Crippen LogP contribution in [0, 0.1) is 0 Å². The number of anilines is 1. The Labute approximate surface area is 178 Å². The minimum atomic E-state index is -0.0958. The van der Waals surface area contributed by atoms with E-state index in [4.69, 9.17) is 16.1 Å². The van der Waals surface area contributed by atoms with Crippen molar-refractivity contribution in [3.63, 3.8) is 0 Å². The van der Waals surface area contributed by atoms with Crippen molar-refractivity contribution in [2.45, 2.75) is 10.8 Å². The number of halogens is 1. The average molecular weight is 449 g/mol. The van der Waals surface area contributed by atoms with Crippen LogP contribution in [0.15, 0.2) is 56.0 Å². The van der Waals surface area contributed by atoms with Crippen LogP contribution >= 0.6 is 46.0 Å². The summed E-state index contributed by atoms with van der Waals surface area (Å²) in [6, 6.07) is 10.9. The fourth-order valence-corrected chi connectivity index (χ4v) is 4.70. The molecule has 0 radical (unpaired) electrons. The van der Waals surface area contributed by atoms with Gasteiger partial charge in [0, 0.05) is 16.1 Å². The van der Waals surface area contributed by atoms with Gasteiger partial charge in [0.2, 0.25) is 17.6 Å². The van der Waals surface area contributed by atoms with Crippen molar-refractivity contribution in [2.75, 3.05) is 11.1 Å².